The maximum absolute atomic E-state index is 5.81. The van der Waals surface area contributed by atoms with Crippen molar-refractivity contribution in [2.24, 2.45) is 5.92 Å². The molecule has 2 aromatic rings. The van der Waals surface area contributed by atoms with Crippen molar-refractivity contribution >= 4 is 11.0 Å². The third-order valence-electron chi connectivity index (χ3n) is 4.77. The van der Waals surface area contributed by atoms with Crippen LogP contribution in [-0.4, -0.2) is 31.6 Å². The van der Waals surface area contributed by atoms with Gasteiger partial charge in [-0.05, 0) is 64.9 Å². The lowest BCUT2D eigenvalue weighted by Crippen LogP contribution is -2.31. The Morgan fingerprint density at radius 3 is 2.81 bits per heavy atom. The quantitative estimate of drug-likeness (QED) is 0.852. The minimum absolute atomic E-state index is 0.899. The molecule has 3 heteroatoms. The molecule has 0 saturated carbocycles. The van der Waals surface area contributed by atoms with Gasteiger partial charge in [0, 0.05) is 17.5 Å². The summed E-state index contributed by atoms with van der Waals surface area (Å²) in [5.41, 5.74) is 2.32. The minimum Gasteiger partial charge on any atom is -0.461 e. The van der Waals surface area contributed by atoms with E-state index >= 15 is 0 Å². The summed E-state index contributed by atoms with van der Waals surface area (Å²) in [5, 5.41) is 4.86. The SMILES string of the molecule is Cc1oc2ccccc2c1CNCCC1CCN(C)CC1. The molecule has 0 aliphatic carbocycles. The van der Waals surface area contributed by atoms with E-state index in [4.69, 9.17) is 4.42 Å². The van der Waals surface area contributed by atoms with Crippen molar-refractivity contribution in [3.8, 4) is 0 Å². The Labute approximate surface area is 127 Å². The predicted molar refractivity (Wildman–Crippen MR) is 87.5 cm³/mol. The van der Waals surface area contributed by atoms with E-state index in [1.165, 1.54) is 43.3 Å². The molecule has 0 spiro atoms. The molecule has 0 unspecified atom stereocenters. The van der Waals surface area contributed by atoms with Gasteiger partial charge >= 0.3 is 0 Å². The number of fused-ring (bicyclic) bond motifs is 1. The molecule has 0 atom stereocenters. The normalized spacial score (nSPS) is 17.6. The average molecular weight is 286 g/mol. The fraction of sp³-hybridized carbons (Fsp3) is 0.556. The second-order valence-electron chi connectivity index (χ2n) is 6.35. The molecule has 1 fully saturated rings. The van der Waals surface area contributed by atoms with Crippen LogP contribution in [0.4, 0.5) is 0 Å². The summed E-state index contributed by atoms with van der Waals surface area (Å²) in [5.74, 6) is 1.94. The number of rotatable bonds is 5. The molecule has 0 amide bonds. The lowest BCUT2D eigenvalue weighted by atomic mass is 9.94. The zero-order valence-corrected chi connectivity index (χ0v) is 13.2. The van der Waals surface area contributed by atoms with E-state index in [1.807, 2.05) is 12.1 Å². The molecular formula is C18H26N2O. The Hall–Kier alpha value is -1.32. The first-order chi connectivity index (χ1) is 10.2. The Morgan fingerprint density at radius 2 is 2.00 bits per heavy atom. The summed E-state index contributed by atoms with van der Waals surface area (Å²) in [7, 11) is 2.22. The Morgan fingerprint density at radius 1 is 1.24 bits per heavy atom. The van der Waals surface area contributed by atoms with Crippen LogP contribution < -0.4 is 5.32 Å². The highest BCUT2D eigenvalue weighted by Gasteiger charge is 2.16. The molecular weight excluding hydrogens is 260 g/mol. The number of aryl methyl sites for hydroxylation is 1. The summed E-state index contributed by atoms with van der Waals surface area (Å²) in [6.07, 6.45) is 4.00. The van der Waals surface area contributed by atoms with Gasteiger partial charge < -0.3 is 14.6 Å². The third-order valence-corrected chi connectivity index (χ3v) is 4.77. The summed E-state index contributed by atoms with van der Waals surface area (Å²) < 4.78 is 5.81. The van der Waals surface area contributed by atoms with Crippen molar-refractivity contribution in [1.82, 2.24) is 10.2 Å². The van der Waals surface area contributed by atoms with Crippen molar-refractivity contribution in [3.63, 3.8) is 0 Å². The Bertz CT molecular complexity index is 582. The number of likely N-dealkylation sites (tertiary alicyclic amines) is 1. The van der Waals surface area contributed by atoms with Crippen molar-refractivity contribution in [3.05, 3.63) is 35.6 Å². The van der Waals surface area contributed by atoms with E-state index in [1.54, 1.807) is 0 Å². The molecule has 1 saturated heterocycles. The molecule has 1 aliphatic heterocycles. The third kappa shape index (κ3) is 3.47. The van der Waals surface area contributed by atoms with Crippen LogP contribution in [0.5, 0.6) is 0 Å². The standard InChI is InChI=1S/C18H26N2O/c1-14-17(16-5-3-4-6-18(16)21-14)13-19-10-7-15-8-11-20(2)12-9-15/h3-6,15,19H,7-13H2,1-2H3. The van der Waals surface area contributed by atoms with Crippen LogP contribution in [-0.2, 0) is 6.54 Å². The molecule has 1 aromatic carbocycles. The molecule has 3 nitrogen and oxygen atoms in total. The van der Waals surface area contributed by atoms with E-state index in [9.17, 15) is 0 Å². The fourth-order valence-electron chi connectivity index (χ4n) is 3.31. The molecule has 0 radical (unpaired) electrons. The summed E-state index contributed by atoms with van der Waals surface area (Å²) in [4.78, 5) is 2.44. The number of hydrogen-bond donors (Lipinski definition) is 1. The van der Waals surface area contributed by atoms with Gasteiger partial charge in [-0.3, -0.25) is 0 Å². The number of furan rings is 1. The van der Waals surface area contributed by atoms with Crippen LogP contribution >= 0.6 is 0 Å². The van der Waals surface area contributed by atoms with Gasteiger partial charge in [-0.1, -0.05) is 18.2 Å². The van der Waals surface area contributed by atoms with Crippen LogP contribution in [0.2, 0.25) is 0 Å². The van der Waals surface area contributed by atoms with Crippen LogP contribution in [0.3, 0.4) is 0 Å². The van der Waals surface area contributed by atoms with Gasteiger partial charge in [0.1, 0.15) is 11.3 Å². The molecule has 3 rings (SSSR count). The van der Waals surface area contributed by atoms with Crippen molar-refractivity contribution in [1.29, 1.82) is 0 Å². The van der Waals surface area contributed by atoms with E-state index in [0.717, 1.165) is 30.4 Å². The number of nitrogens with one attached hydrogen (secondary N) is 1. The second kappa shape index (κ2) is 6.63. The van der Waals surface area contributed by atoms with Gasteiger partial charge in [0.25, 0.3) is 0 Å². The van der Waals surface area contributed by atoms with Crippen molar-refractivity contribution < 1.29 is 4.42 Å². The van der Waals surface area contributed by atoms with E-state index < -0.39 is 0 Å². The molecule has 114 valence electrons. The smallest absolute Gasteiger partial charge is 0.134 e. The zero-order valence-electron chi connectivity index (χ0n) is 13.2. The topological polar surface area (TPSA) is 28.4 Å². The summed E-state index contributed by atoms with van der Waals surface area (Å²) in [6.45, 7) is 6.60. The first-order valence-electron chi connectivity index (χ1n) is 8.10. The van der Waals surface area contributed by atoms with Crippen molar-refractivity contribution in [2.45, 2.75) is 32.7 Å². The number of piperidine rings is 1. The molecule has 1 aromatic heterocycles. The molecule has 1 aliphatic rings. The first-order valence-corrected chi connectivity index (χ1v) is 8.10. The van der Waals surface area contributed by atoms with Gasteiger partial charge in [0.05, 0.1) is 0 Å². The Balaban J connectivity index is 1.49. The highest BCUT2D eigenvalue weighted by atomic mass is 16.3. The van der Waals surface area contributed by atoms with Crippen LogP contribution in [0.25, 0.3) is 11.0 Å². The largest absolute Gasteiger partial charge is 0.461 e. The summed E-state index contributed by atoms with van der Waals surface area (Å²) in [6, 6.07) is 8.31. The lowest BCUT2D eigenvalue weighted by molar-refractivity contribution is 0.211. The van der Waals surface area contributed by atoms with Crippen LogP contribution in [0, 0.1) is 12.8 Å². The molecule has 0 bridgehead atoms. The van der Waals surface area contributed by atoms with E-state index in [0.29, 0.717) is 0 Å². The lowest BCUT2D eigenvalue weighted by Gasteiger charge is -2.28. The van der Waals surface area contributed by atoms with Crippen LogP contribution in [0.15, 0.2) is 28.7 Å². The minimum atomic E-state index is 0.899. The van der Waals surface area contributed by atoms with Gasteiger partial charge in [0.2, 0.25) is 0 Å². The number of hydrogen-bond acceptors (Lipinski definition) is 3. The maximum Gasteiger partial charge on any atom is 0.134 e. The Kier molecular flexibility index (Phi) is 4.61. The van der Waals surface area contributed by atoms with E-state index in [-0.39, 0.29) is 0 Å². The number of benzene rings is 1. The van der Waals surface area contributed by atoms with Crippen molar-refractivity contribution in [2.75, 3.05) is 26.7 Å². The molecule has 1 N–H and O–H groups in total. The molecule has 21 heavy (non-hydrogen) atoms. The summed E-state index contributed by atoms with van der Waals surface area (Å²) >= 11 is 0. The fourth-order valence-corrected chi connectivity index (χ4v) is 3.31. The maximum atomic E-state index is 5.81. The first kappa shape index (κ1) is 14.6. The monoisotopic (exact) mass is 286 g/mol. The van der Waals surface area contributed by atoms with Crippen LogP contribution in [0.1, 0.15) is 30.6 Å². The highest BCUT2D eigenvalue weighted by molar-refractivity contribution is 5.82. The zero-order chi connectivity index (χ0) is 14.7. The average Bonchev–Trinajstić information content (AvgIpc) is 2.81. The predicted octanol–water partition coefficient (Wildman–Crippen LogP) is 3.56. The number of para-hydroxylation sites is 1. The second-order valence-corrected chi connectivity index (χ2v) is 6.35. The number of nitrogens with zero attached hydrogens (tertiary/aromatic N) is 1. The van der Waals surface area contributed by atoms with Gasteiger partial charge in [0.15, 0.2) is 0 Å². The van der Waals surface area contributed by atoms with E-state index in [2.05, 4.69) is 36.3 Å². The van der Waals surface area contributed by atoms with Gasteiger partial charge in [-0.25, -0.2) is 0 Å². The van der Waals surface area contributed by atoms with Gasteiger partial charge in [-0.2, -0.15) is 0 Å². The molecule has 2 heterocycles. The van der Waals surface area contributed by atoms with Gasteiger partial charge in [-0.15, -0.1) is 0 Å². The highest BCUT2D eigenvalue weighted by Crippen LogP contribution is 2.25.